The van der Waals surface area contributed by atoms with Gasteiger partial charge in [-0.3, -0.25) is 28.0 Å². The molecule has 0 aromatic rings. The number of phosphoric ester groups is 2. The van der Waals surface area contributed by atoms with E-state index in [4.69, 9.17) is 23.8 Å². The maximum atomic E-state index is 12.7. The van der Waals surface area contributed by atoms with Crippen LogP contribution in [0.1, 0.15) is 175 Å². The van der Waals surface area contributed by atoms with Gasteiger partial charge in [0.05, 0.1) is 25.9 Å². The highest BCUT2D eigenvalue weighted by Gasteiger charge is 2.29. The Morgan fingerprint density at radius 2 is 1.25 bits per heavy atom. The summed E-state index contributed by atoms with van der Waals surface area (Å²) < 4.78 is 47.9. The number of phosphoric acid groups is 2. The summed E-state index contributed by atoms with van der Waals surface area (Å²) in [7, 11) is -9.75. The first kappa shape index (κ1) is 59.0. The molecule has 0 amide bonds. The van der Waals surface area contributed by atoms with Crippen molar-refractivity contribution in [3.05, 3.63) is 36.5 Å². The average molecular weight is 937 g/mol. The van der Waals surface area contributed by atoms with Gasteiger partial charge in [-0.1, -0.05) is 160 Å². The molecule has 1 unspecified atom stereocenters. The molecular weight excluding hydrogens is 854 g/mol. The minimum atomic E-state index is -4.89. The van der Waals surface area contributed by atoms with Gasteiger partial charge in [0.25, 0.3) is 0 Å². The van der Waals surface area contributed by atoms with E-state index in [1.54, 1.807) is 18.2 Å². The molecule has 17 heteroatoms. The van der Waals surface area contributed by atoms with Gasteiger partial charge in [0.15, 0.2) is 11.9 Å². The van der Waals surface area contributed by atoms with Gasteiger partial charge in [-0.2, -0.15) is 0 Å². The molecule has 0 saturated carbocycles. The van der Waals surface area contributed by atoms with Crippen molar-refractivity contribution in [1.82, 2.24) is 0 Å². The molecule has 1 aliphatic carbocycles. The molecule has 0 aliphatic heterocycles. The summed E-state index contributed by atoms with van der Waals surface area (Å²) in [5, 5.41) is 20.0. The zero-order chi connectivity index (χ0) is 46.8. The molecule has 0 bridgehead atoms. The molecule has 0 saturated heterocycles. The molecule has 0 radical (unpaired) electrons. The summed E-state index contributed by atoms with van der Waals surface area (Å²) in [5.41, 5.74) is 0. The highest BCUT2D eigenvalue weighted by atomic mass is 31.2. The van der Waals surface area contributed by atoms with Gasteiger partial charge in [0.1, 0.15) is 12.7 Å². The third kappa shape index (κ3) is 34.9. The molecule has 0 heterocycles. The minimum absolute atomic E-state index is 0.0110. The maximum absolute atomic E-state index is 12.7. The van der Waals surface area contributed by atoms with Crippen molar-refractivity contribution in [3.63, 3.8) is 0 Å². The predicted octanol–water partition coefficient (Wildman–Crippen LogP) is 9.93. The van der Waals surface area contributed by atoms with Gasteiger partial charge in [-0.05, 0) is 50.0 Å². The molecule has 0 aromatic carbocycles. The Labute approximate surface area is 377 Å². The molecule has 366 valence electrons. The van der Waals surface area contributed by atoms with Crippen molar-refractivity contribution in [2.24, 2.45) is 17.8 Å². The van der Waals surface area contributed by atoms with Crippen molar-refractivity contribution in [1.29, 1.82) is 0 Å². The van der Waals surface area contributed by atoms with Crippen molar-refractivity contribution in [3.8, 4) is 0 Å². The summed E-state index contributed by atoms with van der Waals surface area (Å²) in [4.78, 5) is 65.4. The van der Waals surface area contributed by atoms with E-state index in [1.165, 1.54) is 64.2 Å². The number of rotatable bonds is 41. The van der Waals surface area contributed by atoms with E-state index in [2.05, 4.69) is 29.8 Å². The van der Waals surface area contributed by atoms with E-state index in [0.717, 1.165) is 50.9 Å². The van der Waals surface area contributed by atoms with E-state index in [1.807, 2.05) is 18.2 Å². The number of unbranched alkanes of at least 4 members (excludes halogenated alkanes) is 16. The maximum Gasteiger partial charge on any atom is 0.472 e. The molecule has 1 rings (SSSR count). The van der Waals surface area contributed by atoms with Crippen LogP contribution in [0, 0.1) is 17.8 Å². The molecular formula is C46H82O15P2. The second-order valence-electron chi connectivity index (χ2n) is 17.2. The molecule has 63 heavy (non-hydrogen) atoms. The van der Waals surface area contributed by atoms with Gasteiger partial charge < -0.3 is 34.4 Å². The highest BCUT2D eigenvalue weighted by Crippen LogP contribution is 2.44. The largest absolute Gasteiger partial charge is 0.472 e. The van der Waals surface area contributed by atoms with Crippen LogP contribution in [0.25, 0.3) is 0 Å². The Bertz CT molecular complexity index is 1410. The topological polar surface area (TPSA) is 233 Å². The lowest BCUT2D eigenvalue weighted by Gasteiger charge is -2.20. The van der Waals surface area contributed by atoms with Crippen molar-refractivity contribution >= 4 is 33.4 Å². The Balaban J connectivity index is 2.49. The number of aliphatic hydroxyl groups excluding tert-OH is 2. The van der Waals surface area contributed by atoms with Gasteiger partial charge in [-0.25, -0.2) is 9.13 Å². The zero-order valence-electron chi connectivity index (χ0n) is 38.4. The summed E-state index contributed by atoms with van der Waals surface area (Å²) in [5.74, 6) is -0.700. The fourth-order valence-electron chi connectivity index (χ4n) is 6.99. The van der Waals surface area contributed by atoms with Crippen LogP contribution in [-0.4, -0.2) is 87.4 Å². The summed E-state index contributed by atoms with van der Waals surface area (Å²) in [6.07, 6.45) is 30.6. The van der Waals surface area contributed by atoms with Crippen LogP contribution in [0.5, 0.6) is 0 Å². The van der Waals surface area contributed by atoms with E-state index in [9.17, 15) is 38.6 Å². The number of ether oxygens (including phenoxy) is 2. The van der Waals surface area contributed by atoms with E-state index < -0.39 is 72.3 Å². The number of ketones is 1. The van der Waals surface area contributed by atoms with Crippen LogP contribution >= 0.6 is 15.6 Å². The quantitative estimate of drug-likeness (QED) is 0.0166. The minimum Gasteiger partial charge on any atom is -0.462 e. The van der Waals surface area contributed by atoms with Crippen LogP contribution in [-0.2, 0) is 46.6 Å². The molecule has 0 spiro atoms. The second-order valence-corrected chi connectivity index (χ2v) is 19.9. The molecule has 6 atom stereocenters. The normalized spacial score (nSPS) is 18.1. The summed E-state index contributed by atoms with van der Waals surface area (Å²) >= 11 is 0. The first-order chi connectivity index (χ1) is 30.0. The van der Waals surface area contributed by atoms with E-state index in [-0.39, 0.29) is 30.5 Å². The first-order valence-corrected chi connectivity index (χ1v) is 26.6. The SMILES string of the molecule is CCCCC[C@H](O)/C=C/[C@H]1C(=O)C=C[C@@H]1C/C=C\CCCC(=O)OC[C@H](COP(=O)(O)OC[C@@H](O)COP(=O)(O)O)OC(=O)CCCCCCCCCCCCCCCCC(C)C. The van der Waals surface area contributed by atoms with Gasteiger partial charge >= 0.3 is 27.6 Å². The lowest BCUT2D eigenvalue weighted by molar-refractivity contribution is -0.161. The molecule has 0 fully saturated rings. The Morgan fingerprint density at radius 3 is 1.86 bits per heavy atom. The van der Waals surface area contributed by atoms with Crippen molar-refractivity contribution in [2.45, 2.75) is 193 Å². The van der Waals surface area contributed by atoms with E-state index >= 15 is 0 Å². The number of hydrogen-bond acceptors (Lipinski definition) is 12. The molecule has 5 N–H and O–H groups in total. The summed E-state index contributed by atoms with van der Waals surface area (Å²) in [6.45, 7) is 3.78. The third-order valence-corrected chi connectivity index (χ3v) is 12.1. The monoisotopic (exact) mass is 937 g/mol. The average Bonchev–Trinajstić information content (AvgIpc) is 3.58. The standard InChI is InChI=1S/C46H82O15P2/c1-4-5-20-27-40(47)31-32-43-39(30-33-44(43)49)26-22-18-19-23-28-45(50)57-36-42(37-60-63(55,56)59-35-41(48)34-58-62(52,53)54)61-46(51)29-24-17-15-13-11-9-7-6-8-10-12-14-16-21-25-38(2)3/h18,22,30-33,38-43,47-48H,4-17,19-21,23-29,34-37H2,1-3H3,(H,55,56)(H2,52,53,54)/b22-18-,32-31+/t39-,40-,41-,42+,43+/m0/s1. The van der Waals surface area contributed by atoms with Gasteiger partial charge in [-0.15, -0.1) is 0 Å². The number of hydrogen-bond donors (Lipinski definition) is 5. The number of carbonyl (C=O) groups excluding carboxylic acids is 3. The summed E-state index contributed by atoms with van der Waals surface area (Å²) in [6, 6.07) is 0. The predicted molar refractivity (Wildman–Crippen MR) is 243 cm³/mol. The number of esters is 2. The number of allylic oxidation sites excluding steroid dienone is 5. The fourth-order valence-corrected chi connectivity index (χ4v) is 8.15. The molecule has 0 aromatic heterocycles. The Morgan fingerprint density at radius 1 is 0.698 bits per heavy atom. The van der Waals surface area contributed by atoms with E-state index in [0.29, 0.717) is 32.1 Å². The van der Waals surface area contributed by atoms with Crippen molar-refractivity contribution in [2.75, 3.05) is 26.4 Å². The Kier molecular flexibility index (Phi) is 33.8. The number of carbonyl (C=O) groups is 3. The second kappa shape index (κ2) is 36.1. The molecule has 15 nitrogen and oxygen atoms in total. The first-order valence-electron chi connectivity index (χ1n) is 23.6. The lowest BCUT2D eigenvalue weighted by Crippen LogP contribution is -2.30. The highest BCUT2D eigenvalue weighted by molar-refractivity contribution is 7.47. The molecule has 1 aliphatic rings. The zero-order valence-corrected chi connectivity index (χ0v) is 40.2. The van der Waals surface area contributed by atoms with Crippen LogP contribution < -0.4 is 0 Å². The van der Waals surface area contributed by atoms with Gasteiger partial charge in [0.2, 0.25) is 0 Å². The van der Waals surface area contributed by atoms with Crippen LogP contribution in [0.15, 0.2) is 36.5 Å². The van der Waals surface area contributed by atoms with Crippen molar-refractivity contribution < 1.29 is 71.5 Å². The van der Waals surface area contributed by atoms with Crippen LogP contribution in [0.3, 0.4) is 0 Å². The third-order valence-electron chi connectivity index (χ3n) is 10.7. The van der Waals surface area contributed by atoms with Crippen LogP contribution in [0.4, 0.5) is 0 Å². The number of aliphatic hydroxyl groups is 2. The Hall–Kier alpha value is -2.03. The lowest BCUT2D eigenvalue weighted by atomic mass is 9.90. The smallest absolute Gasteiger partial charge is 0.462 e. The van der Waals surface area contributed by atoms with Crippen LogP contribution in [0.2, 0.25) is 0 Å². The fraction of sp³-hybridized carbons (Fsp3) is 0.804. The van der Waals surface area contributed by atoms with Gasteiger partial charge in [0, 0.05) is 18.8 Å².